The lowest BCUT2D eigenvalue weighted by Crippen LogP contribution is -2.47. The molecule has 0 bridgehead atoms. The Balaban J connectivity index is 0.00000272. The molecule has 0 spiro atoms. The van der Waals surface area contributed by atoms with Gasteiger partial charge < -0.3 is 26.4 Å². The first-order valence-corrected chi connectivity index (χ1v) is 11.3. The van der Waals surface area contributed by atoms with Crippen LogP contribution in [0.2, 0.25) is 0 Å². The Kier molecular flexibility index (Phi) is 8.07. The Morgan fingerprint density at radius 1 is 0.935 bits per heavy atom. The zero-order chi connectivity index (χ0) is 21.1. The lowest BCUT2D eigenvalue weighted by Gasteiger charge is -2.37. The van der Waals surface area contributed by atoms with E-state index in [9.17, 15) is 9.90 Å². The van der Waals surface area contributed by atoms with Gasteiger partial charge in [-0.15, -0.1) is 12.4 Å². The highest BCUT2D eigenvalue weighted by molar-refractivity contribution is 7.99. The zero-order valence-electron chi connectivity index (χ0n) is 17.5. The van der Waals surface area contributed by atoms with Crippen LogP contribution in [0.4, 0.5) is 17.1 Å². The van der Waals surface area contributed by atoms with E-state index in [-0.39, 0.29) is 12.4 Å². The van der Waals surface area contributed by atoms with Gasteiger partial charge in [-0.05, 0) is 49.4 Å². The molecule has 0 amide bonds. The summed E-state index contributed by atoms with van der Waals surface area (Å²) in [6, 6.07) is 12.0. The second-order valence-corrected chi connectivity index (χ2v) is 8.74. The fourth-order valence-electron chi connectivity index (χ4n) is 4.11. The van der Waals surface area contributed by atoms with Crippen LogP contribution in [0.25, 0.3) is 0 Å². The number of anilines is 3. The minimum Gasteiger partial charge on any atom is -0.478 e. The van der Waals surface area contributed by atoms with Crippen molar-refractivity contribution in [1.82, 2.24) is 4.90 Å². The molecule has 0 unspecified atom stereocenters. The summed E-state index contributed by atoms with van der Waals surface area (Å²) >= 11 is 1.65. The molecule has 0 aromatic heterocycles. The maximum absolute atomic E-state index is 11.5. The van der Waals surface area contributed by atoms with Crippen molar-refractivity contribution in [1.29, 1.82) is 0 Å². The van der Waals surface area contributed by atoms with Gasteiger partial charge in [0, 0.05) is 61.3 Å². The molecular weight excluding hydrogens is 434 g/mol. The highest BCUT2D eigenvalue weighted by Gasteiger charge is 2.26. The van der Waals surface area contributed by atoms with E-state index >= 15 is 0 Å². The number of nitrogens with zero attached hydrogens (tertiary/aromatic N) is 3. The van der Waals surface area contributed by atoms with Crippen LogP contribution in [0.3, 0.4) is 0 Å². The number of rotatable bonds is 7. The molecule has 31 heavy (non-hydrogen) atoms. The summed E-state index contributed by atoms with van der Waals surface area (Å²) in [7, 11) is 0. The molecule has 0 saturated carbocycles. The first kappa shape index (κ1) is 23.7. The molecule has 0 radical (unpaired) electrons. The van der Waals surface area contributed by atoms with E-state index in [1.807, 2.05) is 6.07 Å². The number of carbonyl (C=O) groups is 1. The van der Waals surface area contributed by atoms with Crippen molar-refractivity contribution >= 4 is 47.2 Å². The third-order valence-electron chi connectivity index (χ3n) is 5.72. The Labute approximate surface area is 193 Å². The molecule has 168 valence electrons. The normalized spacial score (nSPS) is 15.8. The van der Waals surface area contributed by atoms with Crippen molar-refractivity contribution in [3.05, 3.63) is 42.0 Å². The first-order valence-electron chi connectivity index (χ1n) is 10.4. The van der Waals surface area contributed by atoms with Gasteiger partial charge in [-0.1, -0.05) is 11.8 Å². The molecule has 1 saturated heterocycles. The summed E-state index contributed by atoms with van der Waals surface area (Å²) in [5, 5.41) is 9.41. The number of benzene rings is 2. The van der Waals surface area contributed by atoms with Gasteiger partial charge in [0.1, 0.15) is 0 Å². The molecule has 1 fully saturated rings. The molecule has 2 aromatic rings. The van der Waals surface area contributed by atoms with Gasteiger partial charge in [-0.3, -0.25) is 4.90 Å². The number of carboxylic acid groups (broad SMARTS) is 1. The van der Waals surface area contributed by atoms with Gasteiger partial charge in [-0.2, -0.15) is 0 Å². The number of aromatic carboxylic acids is 1. The molecule has 9 heteroatoms. The van der Waals surface area contributed by atoms with E-state index in [1.165, 1.54) is 5.69 Å². The number of hydrogen-bond acceptors (Lipinski definition) is 7. The summed E-state index contributed by atoms with van der Waals surface area (Å²) in [5.41, 5.74) is 15.2. The minimum absolute atomic E-state index is 0. The van der Waals surface area contributed by atoms with E-state index in [2.05, 4.69) is 32.9 Å². The smallest absolute Gasteiger partial charge is 0.335 e. The van der Waals surface area contributed by atoms with Crippen molar-refractivity contribution in [3.8, 4) is 0 Å². The summed E-state index contributed by atoms with van der Waals surface area (Å²) in [5.74, 6) is -0.901. The molecule has 2 heterocycles. The maximum atomic E-state index is 11.5. The van der Waals surface area contributed by atoms with Crippen molar-refractivity contribution < 1.29 is 9.90 Å². The summed E-state index contributed by atoms with van der Waals surface area (Å²) in [6.45, 7) is 7.09. The molecule has 0 atom stereocenters. The SMILES string of the molecule is Cl.NCCCN1c2ccc(C(=O)O)cc2Sc2cc(N3CCN(CCN)CC3)ccc21. The summed E-state index contributed by atoms with van der Waals surface area (Å²) < 4.78 is 0. The third-order valence-corrected chi connectivity index (χ3v) is 6.81. The lowest BCUT2D eigenvalue weighted by atomic mass is 10.1. The Morgan fingerprint density at radius 2 is 1.61 bits per heavy atom. The fraction of sp³-hybridized carbons (Fsp3) is 0.409. The monoisotopic (exact) mass is 463 g/mol. The number of carboxylic acids is 1. The van der Waals surface area contributed by atoms with Crippen molar-refractivity contribution in [3.63, 3.8) is 0 Å². The Bertz CT molecular complexity index is 921. The fourth-order valence-corrected chi connectivity index (χ4v) is 5.28. The van der Waals surface area contributed by atoms with Crippen LogP contribution in [-0.4, -0.2) is 68.3 Å². The topological polar surface area (TPSA) is 99.1 Å². The second-order valence-electron chi connectivity index (χ2n) is 7.65. The van der Waals surface area contributed by atoms with Crippen LogP contribution >= 0.6 is 24.2 Å². The van der Waals surface area contributed by atoms with Gasteiger partial charge in [0.15, 0.2) is 0 Å². The second kappa shape index (κ2) is 10.6. The molecule has 2 aliphatic heterocycles. The molecule has 2 aromatic carbocycles. The predicted octanol–water partition coefficient (Wildman–Crippen LogP) is 2.84. The van der Waals surface area contributed by atoms with E-state index < -0.39 is 5.97 Å². The average molecular weight is 464 g/mol. The van der Waals surface area contributed by atoms with Crippen LogP contribution in [0.1, 0.15) is 16.8 Å². The third kappa shape index (κ3) is 5.10. The molecule has 7 nitrogen and oxygen atoms in total. The van der Waals surface area contributed by atoms with Gasteiger partial charge in [-0.25, -0.2) is 4.79 Å². The van der Waals surface area contributed by atoms with Gasteiger partial charge >= 0.3 is 5.97 Å². The molecular formula is C22H30ClN5O2S. The standard InChI is InChI=1S/C22H29N5O2S.ClH/c23-6-1-8-27-18-4-2-16(22(28)29)14-20(18)30-21-15-17(3-5-19(21)27)26-12-10-25(9-7-24)11-13-26;/h2-5,14-15H,1,6-13,23-24H2,(H,28,29);1H. The Morgan fingerprint density at radius 3 is 2.26 bits per heavy atom. The highest BCUT2D eigenvalue weighted by atomic mass is 35.5. The van der Waals surface area contributed by atoms with E-state index in [4.69, 9.17) is 11.5 Å². The van der Waals surface area contributed by atoms with Crippen molar-refractivity contribution in [2.75, 3.05) is 62.2 Å². The number of halogens is 1. The molecule has 4 rings (SSSR count). The number of hydrogen-bond donors (Lipinski definition) is 3. The largest absolute Gasteiger partial charge is 0.478 e. The van der Waals surface area contributed by atoms with Crippen molar-refractivity contribution in [2.24, 2.45) is 11.5 Å². The van der Waals surface area contributed by atoms with E-state index in [0.29, 0.717) is 18.7 Å². The van der Waals surface area contributed by atoms with Crippen LogP contribution in [0, 0.1) is 0 Å². The predicted molar refractivity (Wildman–Crippen MR) is 130 cm³/mol. The quantitative estimate of drug-likeness (QED) is 0.576. The molecule has 5 N–H and O–H groups in total. The average Bonchev–Trinajstić information content (AvgIpc) is 2.76. The van der Waals surface area contributed by atoms with Gasteiger partial charge in [0.2, 0.25) is 0 Å². The maximum Gasteiger partial charge on any atom is 0.335 e. The van der Waals surface area contributed by atoms with Crippen LogP contribution in [-0.2, 0) is 0 Å². The lowest BCUT2D eigenvalue weighted by molar-refractivity contribution is 0.0696. The van der Waals surface area contributed by atoms with E-state index in [1.54, 1.807) is 23.9 Å². The zero-order valence-corrected chi connectivity index (χ0v) is 19.1. The number of piperazine rings is 1. The number of fused-ring (bicyclic) bond motifs is 2. The summed E-state index contributed by atoms with van der Waals surface area (Å²) in [4.78, 5) is 20.7. The van der Waals surface area contributed by atoms with Crippen LogP contribution in [0.15, 0.2) is 46.2 Å². The van der Waals surface area contributed by atoms with Crippen molar-refractivity contribution in [2.45, 2.75) is 16.2 Å². The van der Waals surface area contributed by atoms with Crippen LogP contribution < -0.4 is 21.3 Å². The first-order chi connectivity index (χ1) is 14.6. The van der Waals surface area contributed by atoms with Gasteiger partial charge in [0.25, 0.3) is 0 Å². The summed E-state index contributed by atoms with van der Waals surface area (Å²) in [6.07, 6.45) is 0.870. The minimum atomic E-state index is -0.901. The number of nitrogens with two attached hydrogens (primary N) is 2. The van der Waals surface area contributed by atoms with Crippen LogP contribution in [0.5, 0.6) is 0 Å². The Hall–Kier alpha value is -1.97. The molecule has 2 aliphatic rings. The van der Waals surface area contributed by atoms with E-state index in [0.717, 1.165) is 66.9 Å². The highest BCUT2D eigenvalue weighted by Crippen LogP contribution is 2.49. The molecule has 0 aliphatic carbocycles. The van der Waals surface area contributed by atoms with Gasteiger partial charge in [0.05, 0.1) is 16.9 Å².